The summed E-state index contributed by atoms with van der Waals surface area (Å²) in [6.45, 7) is 1.74. The molecule has 118 valence electrons. The molecule has 1 aromatic heterocycles. The minimum absolute atomic E-state index is 0.174. The SMILES string of the molecule is CC(NC(=O)Cc1c[nH]c2ccccc12)c1ccc(F)c(F)c1. The van der Waals surface area contributed by atoms with Crippen LogP contribution in [0.3, 0.4) is 0 Å². The Morgan fingerprint density at radius 3 is 2.74 bits per heavy atom. The number of hydrogen-bond donors (Lipinski definition) is 2. The summed E-state index contributed by atoms with van der Waals surface area (Å²) in [6.07, 6.45) is 2.03. The molecule has 3 aromatic rings. The summed E-state index contributed by atoms with van der Waals surface area (Å²) in [5, 5.41) is 3.81. The lowest BCUT2D eigenvalue weighted by molar-refractivity contribution is -0.121. The molecule has 3 nitrogen and oxygen atoms in total. The second-order valence-corrected chi connectivity index (χ2v) is 5.50. The van der Waals surface area contributed by atoms with E-state index in [0.29, 0.717) is 5.56 Å². The summed E-state index contributed by atoms with van der Waals surface area (Å²) in [7, 11) is 0. The van der Waals surface area contributed by atoms with Crippen LogP contribution in [0.25, 0.3) is 10.9 Å². The molecule has 0 aliphatic rings. The number of H-pyrrole nitrogens is 1. The molecule has 1 amide bonds. The molecule has 0 aliphatic heterocycles. The van der Waals surface area contributed by atoms with E-state index in [1.165, 1.54) is 6.07 Å². The Labute approximate surface area is 132 Å². The van der Waals surface area contributed by atoms with Gasteiger partial charge in [-0.15, -0.1) is 0 Å². The number of carbonyl (C=O) groups excluding carboxylic acids is 1. The maximum Gasteiger partial charge on any atom is 0.224 e. The van der Waals surface area contributed by atoms with Gasteiger partial charge in [0, 0.05) is 17.1 Å². The Hall–Kier alpha value is -2.69. The zero-order chi connectivity index (χ0) is 16.4. The highest BCUT2D eigenvalue weighted by Crippen LogP contribution is 2.19. The number of halogens is 2. The number of amides is 1. The van der Waals surface area contributed by atoms with Crippen LogP contribution in [-0.2, 0) is 11.2 Å². The summed E-state index contributed by atoms with van der Waals surface area (Å²) in [4.78, 5) is 15.3. The van der Waals surface area contributed by atoms with Gasteiger partial charge in [0.25, 0.3) is 0 Å². The lowest BCUT2D eigenvalue weighted by Gasteiger charge is -2.14. The van der Waals surface area contributed by atoms with Gasteiger partial charge in [0.15, 0.2) is 11.6 Å². The number of aromatic nitrogens is 1. The molecular formula is C18H16F2N2O. The van der Waals surface area contributed by atoms with Crippen molar-refractivity contribution < 1.29 is 13.6 Å². The quantitative estimate of drug-likeness (QED) is 0.754. The highest BCUT2D eigenvalue weighted by atomic mass is 19.2. The first-order chi connectivity index (χ1) is 11.0. The van der Waals surface area contributed by atoms with Gasteiger partial charge in [-0.2, -0.15) is 0 Å². The number of benzene rings is 2. The summed E-state index contributed by atoms with van der Waals surface area (Å²) < 4.78 is 26.2. The summed E-state index contributed by atoms with van der Waals surface area (Å²) in [5.74, 6) is -1.99. The van der Waals surface area contributed by atoms with Crippen LogP contribution in [0.1, 0.15) is 24.1 Å². The van der Waals surface area contributed by atoms with Gasteiger partial charge in [-0.3, -0.25) is 4.79 Å². The smallest absolute Gasteiger partial charge is 0.224 e. The molecular weight excluding hydrogens is 298 g/mol. The second kappa shape index (κ2) is 6.20. The van der Waals surface area contributed by atoms with Crippen molar-refractivity contribution in [2.75, 3.05) is 0 Å². The number of hydrogen-bond acceptors (Lipinski definition) is 1. The third-order valence-corrected chi connectivity index (χ3v) is 3.85. The number of nitrogens with one attached hydrogen (secondary N) is 2. The topological polar surface area (TPSA) is 44.9 Å². The molecule has 5 heteroatoms. The Bertz CT molecular complexity index is 857. The van der Waals surface area contributed by atoms with E-state index in [9.17, 15) is 13.6 Å². The Balaban J connectivity index is 1.70. The van der Waals surface area contributed by atoms with Crippen LogP contribution in [0.2, 0.25) is 0 Å². The van der Waals surface area contributed by atoms with Gasteiger partial charge in [-0.25, -0.2) is 8.78 Å². The van der Waals surface area contributed by atoms with E-state index in [1.807, 2.05) is 30.5 Å². The molecule has 23 heavy (non-hydrogen) atoms. The van der Waals surface area contributed by atoms with Gasteiger partial charge < -0.3 is 10.3 Å². The lowest BCUT2D eigenvalue weighted by atomic mass is 10.1. The number of carbonyl (C=O) groups is 1. The third-order valence-electron chi connectivity index (χ3n) is 3.85. The average Bonchev–Trinajstić information content (AvgIpc) is 2.93. The molecule has 0 saturated carbocycles. The van der Waals surface area contributed by atoms with Crippen LogP contribution < -0.4 is 5.32 Å². The molecule has 2 aromatic carbocycles. The van der Waals surface area contributed by atoms with E-state index >= 15 is 0 Å². The van der Waals surface area contributed by atoms with Gasteiger partial charge >= 0.3 is 0 Å². The Morgan fingerprint density at radius 1 is 1.17 bits per heavy atom. The first-order valence-corrected chi connectivity index (χ1v) is 7.34. The molecule has 2 N–H and O–H groups in total. The molecule has 0 saturated heterocycles. The number of rotatable bonds is 4. The van der Waals surface area contributed by atoms with Crippen LogP contribution in [0.15, 0.2) is 48.7 Å². The average molecular weight is 314 g/mol. The van der Waals surface area contributed by atoms with Gasteiger partial charge in [0.1, 0.15) is 0 Å². The van der Waals surface area contributed by atoms with Crippen molar-refractivity contribution in [1.82, 2.24) is 10.3 Å². The highest BCUT2D eigenvalue weighted by Gasteiger charge is 2.14. The fourth-order valence-electron chi connectivity index (χ4n) is 2.61. The van der Waals surface area contributed by atoms with E-state index in [-0.39, 0.29) is 12.3 Å². The minimum atomic E-state index is -0.916. The van der Waals surface area contributed by atoms with E-state index in [1.54, 1.807) is 6.92 Å². The zero-order valence-corrected chi connectivity index (χ0v) is 12.6. The molecule has 0 fully saturated rings. The van der Waals surface area contributed by atoms with E-state index in [0.717, 1.165) is 28.6 Å². The van der Waals surface area contributed by atoms with Crippen molar-refractivity contribution in [3.63, 3.8) is 0 Å². The molecule has 3 rings (SSSR count). The zero-order valence-electron chi connectivity index (χ0n) is 12.6. The van der Waals surface area contributed by atoms with Crippen LogP contribution in [0.5, 0.6) is 0 Å². The van der Waals surface area contributed by atoms with Crippen molar-refractivity contribution in [3.05, 3.63) is 71.4 Å². The van der Waals surface area contributed by atoms with Gasteiger partial charge in [-0.05, 0) is 36.2 Å². The van der Waals surface area contributed by atoms with Gasteiger partial charge in [-0.1, -0.05) is 24.3 Å². The standard InChI is InChI=1S/C18H16F2N2O/c1-11(12-6-7-15(19)16(20)8-12)22-18(23)9-13-10-21-17-5-3-2-4-14(13)17/h2-8,10-11,21H,9H2,1H3,(H,22,23). The fourth-order valence-corrected chi connectivity index (χ4v) is 2.61. The summed E-state index contributed by atoms with van der Waals surface area (Å²) in [6, 6.07) is 11.0. The first kappa shape index (κ1) is 15.2. The number of aromatic amines is 1. The van der Waals surface area contributed by atoms with Crippen molar-refractivity contribution in [3.8, 4) is 0 Å². The molecule has 0 aliphatic carbocycles. The van der Waals surface area contributed by atoms with Crippen LogP contribution in [-0.4, -0.2) is 10.9 Å². The first-order valence-electron chi connectivity index (χ1n) is 7.34. The summed E-state index contributed by atoms with van der Waals surface area (Å²) >= 11 is 0. The largest absolute Gasteiger partial charge is 0.361 e. The van der Waals surface area contributed by atoms with Crippen molar-refractivity contribution in [2.24, 2.45) is 0 Å². The van der Waals surface area contributed by atoms with Crippen LogP contribution in [0.4, 0.5) is 8.78 Å². The van der Waals surface area contributed by atoms with Gasteiger partial charge in [0.05, 0.1) is 12.5 Å². The predicted molar refractivity (Wildman–Crippen MR) is 84.9 cm³/mol. The Kier molecular flexibility index (Phi) is 4.10. The van der Waals surface area contributed by atoms with E-state index in [4.69, 9.17) is 0 Å². The lowest BCUT2D eigenvalue weighted by Crippen LogP contribution is -2.28. The Morgan fingerprint density at radius 2 is 1.96 bits per heavy atom. The normalized spacial score (nSPS) is 12.3. The maximum atomic E-state index is 13.3. The maximum absolute atomic E-state index is 13.3. The third kappa shape index (κ3) is 3.23. The van der Waals surface area contributed by atoms with Crippen molar-refractivity contribution in [2.45, 2.75) is 19.4 Å². The second-order valence-electron chi connectivity index (χ2n) is 5.50. The van der Waals surface area contributed by atoms with Crippen molar-refractivity contribution >= 4 is 16.8 Å². The van der Waals surface area contributed by atoms with E-state index < -0.39 is 17.7 Å². The van der Waals surface area contributed by atoms with Crippen molar-refractivity contribution in [1.29, 1.82) is 0 Å². The van der Waals surface area contributed by atoms with E-state index in [2.05, 4.69) is 10.3 Å². The fraction of sp³-hybridized carbons (Fsp3) is 0.167. The predicted octanol–water partition coefficient (Wildman–Crippen LogP) is 3.87. The van der Waals surface area contributed by atoms with Crippen LogP contribution >= 0.6 is 0 Å². The molecule has 1 atom stereocenters. The number of para-hydroxylation sites is 1. The van der Waals surface area contributed by atoms with Crippen LogP contribution in [0, 0.1) is 11.6 Å². The minimum Gasteiger partial charge on any atom is -0.361 e. The number of fused-ring (bicyclic) bond motifs is 1. The molecule has 0 bridgehead atoms. The molecule has 1 heterocycles. The molecule has 0 radical (unpaired) electrons. The monoisotopic (exact) mass is 314 g/mol. The van der Waals surface area contributed by atoms with Gasteiger partial charge in [0.2, 0.25) is 5.91 Å². The molecule has 1 unspecified atom stereocenters. The highest BCUT2D eigenvalue weighted by molar-refractivity contribution is 5.88. The molecule has 0 spiro atoms. The summed E-state index contributed by atoms with van der Waals surface area (Å²) in [5.41, 5.74) is 2.40.